The molecule has 2 amide bonds. The fourth-order valence-electron chi connectivity index (χ4n) is 5.34. The van der Waals surface area contributed by atoms with Gasteiger partial charge < -0.3 is 24.6 Å². The minimum absolute atomic E-state index is 0.0438. The first-order valence-electron chi connectivity index (χ1n) is 12.9. The molecule has 0 saturated carbocycles. The normalized spacial score (nSPS) is 18.8. The van der Waals surface area contributed by atoms with Crippen molar-refractivity contribution in [3.05, 3.63) is 52.8 Å². The molecule has 194 valence electrons. The van der Waals surface area contributed by atoms with Gasteiger partial charge in [0.25, 0.3) is 11.8 Å². The highest BCUT2D eigenvalue weighted by atomic mass is 16.5. The van der Waals surface area contributed by atoms with Gasteiger partial charge in [-0.05, 0) is 76.9 Å². The summed E-state index contributed by atoms with van der Waals surface area (Å²) >= 11 is 0. The number of carbonyl (C=O) groups is 2. The van der Waals surface area contributed by atoms with Gasteiger partial charge in [0.1, 0.15) is 11.5 Å². The lowest BCUT2D eigenvalue weighted by atomic mass is 9.89. The molecule has 2 aliphatic heterocycles. The number of carbonyl (C=O) groups excluding carboxylic acids is 2. The van der Waals surface area contributed by atoms with Crippen LogP contribution in [-0.2, 0) is 0 Å². The fourth-order valence-corrected chi connectivity index (χ4v) is 5.34. The number of hydrogen-bond acceptors (Lipinski definition) is 6. The molecule has 0 aliphatic carbocycles. The van der Waals surface area contributed by atoms with Crippen molar-refractivity contribution in [1.29, 1.82) is 0 Å². The molecule has 3 heterocycles. The minimum Gasteiger partial charge on any atom is -0.497 e. The summed E-state index contributed by atoms with van der Waals surface area (Å²) in [6, 6.07) is 9.58. The Hall–Kier alpha value is -3.13. The molecular weight excluding hydrogens is 456 g/mol. The second-order valence-corrected chi connectivity index (χ2v) is 9.87. The number of likely N-dealkylation sites (tertiary alicyclic amines) is 2. The molecule has 0 radical (unpaired) electrons. The van der Waals surface area contributed by atoms with Crippen molar-refractivity contribution in [3.8, 4) is 11.5 Å². The maximum atomic E-state index is 13.2. The summed E-state index contributed by atoms with van der Waals surface area (Å²) in [6.07, 6.45) is 4.91. The van der Waals surface area contributed by atoms with Crippen LogP contribution in [0.4, 0.5) is 0 Å². The van der Waals surface area contributed by atoms with Gasteiger partial charge in [-0.15, -0.1) is 0 Å². The minimum atomic E-state index is -0.0554. The lowest BCUT2D eigenvalue weighted by molar-refractivity contribution is 0.0709. The number of amides is 2. The molecule has 1 unspecified atom stereocenters. The quantitative estimate of drug-likeness (QED) is 0.603. The van der Waals surface area contributed by atoms with Gasteiger partial charge in [0, 0.05) is 48.9 Å². The van der Waals surface area contributed by atoms with E-state index in [4.69, 9.17) is 14.5 Å². The molecule has 2 saturated heterocycles. The summed E-state index contributed by atoms with van der Waals surface area (Å²) < 4.78 is 10.6. The lowest BCUT2D eigenvalue weighted by Gasteiger charge is -2.32. The van der Waals surface area contributed by atoms with Gasteiger partial charge in [0.05, 0.1) is 25.5 Å². The molecule has 1 atom stereocenters. The predicted molar refractivity (Wildman–Crippen MR) is 139 cm³/mol. The molecule has 36 heavy (non-hydrogen) atoms. The maximum absolute atomic E-state index is 13.2. The number of pyridine rings is 1. The van der Waals surface area contributed by atoms with Crippen molar-refractivity contribution in [2.24, 2.45) is 0 Å². The first kappa shape index (κ1) is 25.9. The van der Waals surface area contributed by atoms with E-state index in [0.29, 0.717) is 48.3 Å². The highest BCUT2D eigenvalue weighted by molar-refractivity contribution is 5.96. The van der Waals surface area contributed by atoms with Gasteiger partial charge in [0.15, 0.2) is 0 Å². The van der Waals surface area contributed by atoms with E-state index in [1.54, 1.807) is 32.4 Å². The Labute approximate surface area is 214 Å². The predicted octanol–water partition coefficient (Wildman–Crippen LogP) is 3.64. The van der Waals surface area contributed by atoms with Gasteiger partial charge in [-0.2, -0.15) is 0 Å². The molecule has 2 aromatic rings. The van der Waals surface area contributed by atoms with Gasteiger partial charge >= 0.3 is 0 Å². The van der Waals surface area contributed by atoms with Crippen molar-refractivity contribution in [2.45, 2.75) is 51.0 Å². The van der Waals surface area contributed by atoms with Crippen LogP contribution in [0.3, 0.4) is 0 Å². The Balaban J connectivity index is 1.40. The second kappa shape index (κ2) is 11.7. The van der Waals surface area contributed by atoms with E-state index in [0.717, 1.165) is 37.2 Å². The number of nitrogens with one attached hydrogen (secondary N) is 1. The molecule has 8 nitrogen and oxygen atoms in total. The van der Waals surface area contributed by atoms with E-state index < -0.39 is 0 Å². The van der Waals surface area contributed by atoms with Crippen LogP contribution in [0.2, 0.25) is 0 Å². The van der Waals surface area contributed by atoms with Crippen molar-refractivity contribution in [2.75, 3.05) is 47.4 Å². The third-order valence-corrected chi connectivity index (χ3v) is 7.51. The summed E-state index contributed by atoms with van der Waals surface area (Å²) in [7, 11) is 5.30. The van der Waals surface area contributed by atoms with Crippen molar-refractivity contribution >= 4 is 11.8 Å². The van der Waals surface area contributed by atoms with E-state index in [2.05, 4.69) is 17.3 Å². The Morgan fingerprint density at radius 1 is 1.03 bits per heavy atom. The maximum Gasteiger partial charge on any atom is 0.254 e. The zero-order valence-electron chi connectivity index (χ0n) is 21.9. The van der Waals surface area contributed by atoms with Crippen molar-refractivity contribution in [1.82, 2.24) is 20.1 Å². The number of piperidine rings is 1. The topological polar surface area (TPSA) is 84.0 Å². The Morgan fingerprint density at radius 3 is 2.33 bits per heavy atom. The average Bonchev–Trinajstić information content (AvgIpc) is 3.32. The molecule has 8 heteroatoms. The van der Waals surface area contributed by atoms with E-state index in [-0.39, 0.29) is 17.7 Å². The van der Waals surface area contributed by atoms with Crippen LogP contribution in [0.5, 0.6) is 11.5 Å². The van der Waals surface area contributed by atoms with Crippen LogP contribution in [0.25, 0.3) is 0 Å². The molecule has 0 bridgehead atoms. The zero-order valence-corrected chi connectivity index (χ0v) is 21.9. The summed E-state index contributed by atoms with van der Waals surface area (Å²) in [4.78, 5) is 35.3. The van der Waals surface area contributed by atoms with Crippen LogP contribution >= 0.6 is 0 Å². The number of hydrogen-bond donors (Lipinski definition) is 1. The Morgan fingerprint density at radius 2 is 1.72 bits per heavy atom. The monoisotopic (exact) mass is 494 g/mol. The van der Waals surface area contributed by atoms with Gasteiger partial charge in [-0.1, -0.05) is 0 Å². The number of rotatable bonds is 8. The van der Waals surface area contributed by atoms with E-state index in [1.165, 1.54) is 12.8 Å². The third-order valence-electron chi connectivity index (χ3n) is 7.51. The molecular formula is C28H38N4O4. The van der Waals surface area contributed by atoms with Crippen molar-refractivity contribution < 1.29 is 19.1 Å². The van der Waals surface area contributed by atoms with Crippen LogP contribution in [0.15, 0.2) is 30.3 Å². The zero-order chi connectivity index (χ0) is 25.7. The number of methoxy groups -OCH3 is 2. The lowest BCUT2D eigenvalue weighted by Crippen LogP contribution is -2.38. The number of benzene rings is 1. The number of ether oxygens (including phenoxy) is 2. The van der Waals surface area contributed by atoms with Crippen LogP contribution in [0.1, 0.15) is 70.1 Å². The first-order valence-corrected chi connectivity index (χ1v) is 12.9. The molecule has 1 aromatic carbocycles. The average molecular weight is 495 g/mol. The largest absolute Gasteiger partial charge is 0.497 e. The van der Waals surface area contributed by atoms with E-state index >= 15 is 0 Å². The first-order chi connectivity index (χ1) is 17.4. The van der Waals surface area contributed by atoms with Gasteiger partial charge in [-0.25, -0.2) is 0 Å². The van der Waals surface area contributed by atoms with E-state index in [9.17, 15) is 9.59 Å². The Bertz CT molecular complexity index is 1060. The van der Waals surface area contributed by atoms with Gasteiger partial charge in [-0.3, -0.25) is 14.6 Å². The summed E-state index contributed by atoms with van der Waals surface area (Å²) in [5, 5.41) is 3.12. The fraction of sp³-hybridized carbons (Fsp3) is 0.536. The number of aryl methyl sites for hydroxylation is 1. The standard InChI is InChI=1S/C28H38N4O4/c1-19-7-8-25(27(33)29-12-9-22-6-5-13-31(22)2)26(30-19)20-10-14-32(15-11-20)28(34)21-16-23(35-3)18-24(17-21)36-4/h7-8,16-18,20,22H,5-6,9-15H2,1-4H3,(H,29,33). The third kappa shape index (κ3) is 5.98. The molecule has 1 aromatic heterocycles. The highest BCUT2D eigenvalue weighted by Gasteiger charge is 2.29. The van der Waals surface area contributed by atoms with E-state index in [1.807, 2.05) is 24.0 Å². The summed E-state index contributed by atoms with van der Waals surface area (Å²) in [5.41, 5.74) is 2.95. The summed E-state index contributed by atoms with van der Waals surface area (Å²) in [6.45, 7) is 4.96. The number of aromatic nitrogens is 1. The second-order valence-electron chi connectivity index (χ2n) is 9.87. The Kier molecular flexibility index (Phi) is 8.46. The number of nitrogens with zero attached hydrogens (tertiary/aromatic N) is 3. The van der Waals surface area contributed by atoms with Crippen LogP contribution in [0, 0.1) is 6.92 Å². The van der Waals surface area contributed by atoms with Gasteiger partial charge in [0.2, 0.25) is 0 Å². The molecule has 2 aliphatic rings. The van der Waals surface area contributed by atoms with Crippen LogP contribution < -0.4 is 14.8 Å². The smallest absolute Gasteiger partial charge is 0.254 e. The SMILES string of the molecule is COc1cc(OC)cc(C(=O)N2CCC(c3nc(C)ccc3C(=O)NCCC3CCCN3C)CC2)c1. The van der Waals surface area contributed by atoms with Crippen molar-refractivity contribution in [3.63, 3.8) is 0 Å². The molecule has 2 fully saturated rings. The molecule has 4 rings (SSSR count). The van der Waals surface area contributed by atoms with Crippen LogP contribution in [-0.4, -0.2) is 80.1 Å². The highest BCUT2D eigenvalue weighted by Crippen LogP contribution is 2.31. The summed E-state index contributed by atoms with van der Waals surface area (Å²) in [5.74, 6) is 1.21. The molecule has 1 N–H and O–H groups in total. The molecule has 0 spiro atoms.